The second-order valence-electron chi connectivity index (χ2n) is 10.4. The zero-order valence-corrected chi connectivity index (χ0v) is 19.2. The van der Waals surface area contributed by atoms with Crippen molar-refractivity contribution in [3.05, 3.63) is 76.5 Å². The fraction of sp³-hybridized carbons (Fsp3) is 0.444. The number of nitrogens with zero attached hydrogens (tertiary/aromatic N) is 1. The van der Waals surface area contributed by atoms with E-state index in [0.717, 1.165) is 42.5 Å². The van der Waals surface area contributed by atoms with E-state index in [9.17, 15) is 18.0 Å². The first-order chi connectivity index (χ1) is 16.1. The molecule has 3 atom stereocenters. The molecule has 34 heavy (non-hydrogen) atoms. The van der Waals surface area contributed by atoms with Crippen molar-refractivity contribution in [2.75, 3.05) is 6.61 Å². The number of allylic oxidation sites excluding steroid dienone is 1. The van der Waals surface area contributed by atoms with E-state index in [1.165, 1.54) is 11.1 Å². The molecule has 3 aliphatic carbocycles. The Morgan fingerprint density at radius 2 is 1.97 bits per heavy atom. The van der Waals surface area contributed by atoms with Crippen molar-refractivity contribution >= 4 is 6.03 Å². The monoisotopic (exact) mass is 468 g/mol. The third-order valence-electron chi connectivity index (χ3n) is 8.18. The van der Waals surface area contributed by atoms with Gasteiger partial charge in [0, 0.05) is 17.4 Å². The molecule has 4 aliphatic rings. The lowest BCUT2D eigenvalue weighted by Crippen LogP contribution is -2.53. The van der Waals surface area contributed by atoms with E-state index in [1.807, 2.05) is 24.8 Å². The number of rotatable bonds is 3. The molecule has 0 saturated carbocycles. The van der Waals surface area contributed by atoms with Crippen LogP contribution >= 0.6 is 0 Å². The molecule has 3 unspecified atom stereocenters. The molecule has 7 heteroatoms. The molecule has 2 aromatic rings. The van der Waals surface area contributed by atoms with E-state index in [2.05, 4.69) is 35.7 Å². The summed E-state index contributed by atoms with van der Waals surface area (Å²) in [6, 6.07) is 13.6. The van der Waals surface area contributed by atoms with Crippen molar-refractivity contribution < 1.29 is 22.7 Å². The molecule has 1 saturated heterocycles. The second-order valence-corrected chi connectivity index (χ2v) is 10.4. The zero-order chi connectivity index (χ0) is 23.9. The molecule has 0 aromatic heterocycles. The summed E-state index contributed by atoms with van der Waals surface area (Å²) in [4.78, 5) is 15.2. The highest BCUT2D eigenvalue weighted by Crippen LogP contribution is 2.66. The molecule has 1 heterocycles. The summed E-state index contributed by atoms with van der Waals surface area (Å²) in [7, 11) is 0. The van der Waals surface area contributed by atoms with Crippen LogP contribution in [0.2, 0.25) is 0 Å². The Balaban J connectivity index is 1.54. The lowest BCUT2D eigenvalue weighted by molar-refractivity contribution is -0.153. The Labute approximate surface area is 196 Å². The van der Waals surface area contributed by atoms with Gasteiger partial charge in [0.2, 0.25) is 0 Å². The quantitative estimate of drug-likeness (QED) is 0.617. The first-order valence-electron chi connectivity index (χ1n) is 11.9. The summed E-state index contributed by atoms with van der Waals surface area (Å²) in [5.41, 5.74) is 4.51. The van der Waals surface area contributed by atoms with Crippen LogP contribution in [0.4, 0.5) is 18.0 Å². The van der Waals surface area contributed by atoms with Gasteiger partial charge in [0.25, 0.3) is 0 Å². The summed E-state index contributed by atoms with van der Waals surface area (Å²) in [5.74, 6) is 0.365. The number of urea groups is 1. The first kappa shape index (κ1) is 21.6. The third-order valence-corrected chi connectivity index (χ3v) is 8.18. The van der Waals surface area contributed by atoms with Crippen molar-refractivity contribution in [1.82, 2.24) is 10.2 Å². The predicted octanol–water partition coefficient (Wildman–Crippen LogP) is 5.82. The molecule has 6 rings (SSSR count). The highest BCUT2D eigenvalue weighted by atomic mass is 19.4. The van der Waals surface area contributed by atoms with Crippen LogP contribution in [0.1, 0.15) is 54.9 Å². The van der Waals surface area contributed by atoms with E-state index in [4.69, 9.17) is 4.74 Å². The van der Waals surface area contributed by atoms with Gasteiger partial charge in [0.15, 0.2) is 6.61 Å². The van der Waals surface area contributed by atoms with Crippen LogP contribution < -0.4 is 10.1 Å². The van der Waals surface area contributed by atoms with Gasteiger partial charge < -0.3 is 10.1 Å². The second kappa shape index (κ2) is 7.03. The molecule has 2 bridgehead atoms. The van der Waals surface area contributed by atoms with Crippen molar-refractivity contribution in [1.29, 1.82) is 0 Å². The van der Waals surface area contributed by atoms with Crippen molar-refractivity contribution in [3.63, 3.8) is 0 Å². The van der Waals surface area contributed by atoms with Crippen molar-refractivity contribution in [2.45, 2.75) is 63.2 Å². The smallest absolute Gasteiger partial charge is 0.422 e. The molecule has 1 aliphatic heterocycles. The lowest BCUT2D eigenvalue weighted by atomic mass is 9.59. The lowest BCUT2D eigenvalue weighted by Gasteiger charge is -2.49. The van der Waals surface area contributed by atoms with Crippen LogP contribution in [-0.2, 0) is 18.4 Å². The topological polar surface area (TPSA) is 41.6 Å². The van der Waals surface area contributed by atoms with Gasteiger partial charge in [0.05, 0.1) is 5.70 Å². The Kier molecular flexibility index (Phi) is 4.46. The van der Waals surface area contributed by atoms with Gasteiger partial charge in [-0.1, -0.05) is 36.4 Å². The van der Waals surface area contributed by atoms with E-state index in [-0.39, 0.29) is 29.2 Å². The normalized spacial score (nSPS) is 29.0. The maximum atomic E-state index is 13.4. The number of fused-ring (bicyclic) bond motifs is 4. The van der Waals surface area contributed by atoms with Gasteiger partial charge in [-0.25, -0.2) is 4.79 Å². The van der Waals surface area contributed by atoms with Crippen LogP contribution in [0.5, 0.6) is 5.75 Å². The highest BCUT2D eigenvalue weighted by molar-refractivity contribution is 5.85. The first-order valence-corrected chi connectivity index (χ1v) is 11.9. The van der Waals surface area contributed by atoms with Crippen LogP contribution in [0.25, 0.3) is 0 Å². The van der Waals surface area contributed by atoms with E-state index < -0.39 is 18.3 Å². The molecule has 2 aromatic carbocycles. The van der Waals surface area contributed by atoms with Crippen LogP contribution in [0, 0.1) is 5.41 Å². The maximum absolute atomic E-state index is 13.4. The molecular weight excluding hydrogens is 441 g/mol. The minimum absolute atomic E-state index is 0.0493. The van der Waals surface area contributed by atoms with Crippen LogP contribution in [0.3, 0.4) is 0 Å². The summed E-state index contributed by atoms with van der Waals surface area (Å²) in [5, 5.41) is 3.36. The van der Waals surface area contributed by atoms with Crippen molar-refractivity contribution in [2.24, 2.45) is 5.41 Å². The Morgan fingerprint density at radius 1 is 1.18 bits per heavy atom. The minimum atomic E-state index is -4.41. The summed E-state index contributed by atoms with van der Waals surface area (Å²) >= 11 is 0. The Bertz CT molecular complexity index is 1220. The van der Waals surface area contributed by atoms with Gasteiger partial charge in [-0.05, 0) is 73.9 Å². The van der Waals surface area contributed by atoms with Gasteiger partial charge in [-0.2, -0.15) is 13.2 Å². The number of hydrogen-bond acceptors (Lipinski definition) is 2. The Hall–Kier alpha value is -2.96. The largest absolute Gasteiger partial charge is 0.484 e. The minimum Gasteiger partial charge on any atom is -0.484 e. The molecule has 178 valence electrons. The van der Waals surface area contributed by atoms with E-state index in [0.29, 0.717) is 0 Å². The van der Waals surface area contributed by atoms with E-state index >= 15 is 0 Å². The van der Waals surface area contributed by atoms with Gasteiger partial charge in [0.1, 0.15) is 11.3 Å². The Morgan fingerprint density at radius 3 is 2.74 bits per heavy atom. The fourth-order valence-corrected chi connectivity index (χ4v) is 6.97. The number of carbonyl (C=O) groups excluding carboxylic acids is 1. The van der Waals surface area contributed by atoms with Gasteiger partial charge in [-0.15, -0.1) is 0 Å². The molecule has 1 N–H and O–H groups in total. The number of amides is 2. The third kappa shape index (κ3) is 2.88. The number of hydrogen-bond donors (Lipinski definition) is 1. The standard InChI is InChI=1S/C27H27F3N2O2/c1-16(2)32-23-11-19-14-25(10-9-17-5-3-4-6-21(17)19)13-18-7-8-20(34-15-26(28,29)30)12-22(18)27(23,25)31-24(32)33/h3-8,11-12,16,19H,9-10,13-15H2,1-2H3,(H,31,33). The summed E-state index contributed by atoms with van der Waals surface area (Å²) in [6.07, 6.45) is 1.27. The number of nitrogens with one attached hydrogen (secondary N) is 1. The number of ether oxygens (including phenoxy) is 1. The molecule has 0 radical (unpaired) electrons. The van der Waals surface area contributed by atoms with Crippen molar-refractivity contribution in [3.8, 4) is 5.75 Å². The van der Waals surface area contributed by atoms with E-state index in [1.54, 1.807) is 12.1 Å². The van der Waals surface area contributed by atoms with Gasteiger partial charge >= 0.3 is 12.2 Å². The molecular formula is C27H27F3N2O2. The fourth-order valence-electron chi connectivity index (χ4n) is 6.97. The predicted molar refractivity (Wildman–Crippen MR) is 122 cm³/mol. The zero-order valence-electron chi connectivity index (χ0n) is 19.2. The van der Waals surface area contributed by atoms with Crippen LogP contribution in [0.15, 0.2) is 54.2 Å². The van der Waals surface area contributed by atoms with Gasteiger partial charge in [-0.3, -0.25) is 4.90 Å². The number of aryl methyl sites for hydroxylation is 1. The molecule has 2 amide bonds. The average Bonchev–Trinajstić information content (AvgIpc) is 3.18. The number of halogens is 3. The number of alkyl halides is 3. The summed E-state index contributed by atoms with van der Waals surface area (Å²) < 4.78 is 43.6. The number of benzene rings is 2. The molecule has 4 nitrogen and oxygen atoms in total. The average molecular weight is 469 g/mol. The molecule has 1 fully saturated rings. The SMILES string of the molecule is CC(C)N1C(=O)NC23C1=CC1CC2(CCc2ccccc21)Cc1ccc(OCC(F)(F)F)cc13. The highest BCUT2D eigenvalue weighted by Gasteiger charge is 2.67. The number of carbonyl (C=O) groups is 1. The maximum Gasteiger partial charge on any atom is 0.422 e. The molecule has 2 spiro atoms. The van der Waals surface area contributed by atoms with Crippen LogP contribution in [-0.4, -0.2) is 29.8 Å². The summed E-state index contributed by atoms with van der Waals surface area (Å²) in [6.45, 7) is 2.66.